The summed E-state index contributed by atoms with van der Waals surface area (Å²) in [5.74, 6) is 0.0456. The van der Waals surface area contributed by atoms with Crippen LogP contribution in [0.15, 0.2) is 91.4 Å². The van der Waals surface area contributed by atoms with Gasteiger partial charge in [0.1, 0.15) is 5.69 Å². The van der Waals surface area contributed by atoms with Gasteiger partial charge in [-0.15, -0.1) is 0 Å². The van der Waals surface area contributed by atoms with E-state index in [1.54, 1.807) is 0 Å². The third kappa shape index (κ3) is 4.25. The van der Waals surface area contributed by atoms with Crippen LogP contribution < -0.4 is 9.88 Å². The number of carbonyl (C=O) groups is 1. The molecule has 6 heteroatoms. The topological polar surface area (TPSA) is 55.5 Å². The van der Waals surface area contributed by atoms with E-state index in [-0.39, 0.29) is 5.91 Å². The monoisotopic (exact) mass is 424 g/mol. The average Bonchev–Trinajstić information content (AvgIpc) is 3.29. The molecule has 0 atom stereocenters. The molecule has 1 N–H and O–H groups in total. The highest BCUT2D eigenvalue weighted by Crippen LogP contribution is 2.25. The summed E-state index contributed by atoms with van der Waals surface area (Å²) < 4.78 is 1.88. The molecular weight excluding hydrogens is 398 g/mol. The molecule has 1 amide bonds. The van der Waals surface area contributed by atoms with Crippen LogP contribution in [0.3, 0.4) is 0 Å². The lowest BCUT2D eigenvalue weighted by Gasteiger charge is -2.35. The molecule has 160 valence electrons. The molecular formula is C26H26N5O+. The van der Waals surface area contributed by atoms with Crippen LogP contribution in [0, 0.1) is 0 Å². The number of H-pyrrole nitrogens is 1. The predicted molar refractivity (Wildman–Crippen MR) is 124 cm³/mol. The van der Waals surface area contributed by atoms with Crippen LogP contribution in [-0.4, -0.2) is 46.8 Å². The van der Waals surface area contributed by atoms with Gasteiger partial charge >= 0.3 is 0 Å². The molecule has 1 fully saturated rings. The number of amides is 1. The molecule has 2 aromatic heterocycles. The van der Waals surface area contributed by atoms with Gasteiger partial charge in [0.25, 0.3) is 5.91 Å². The minimum Gasteiger partial charge on any atom is -0.368 e. The molecule has 1 aliphatic rings. The molecule has 2 aromatic carbocycles. The van der Waals surface area contributed by atoms with E-state index in [4.69, 9.17) is 5.10 Å². The third-order valence-corrected chi connectivity index (χ3v) is 5.86. The van der Waals surface area contributed by atoms with Crippen LogP contribution >= 0.6 is 0 Å². The molecule has 4 aromatic rings. The van der Waals surface area contributed by atoms with Gasteiger partial charge in [-0.1, -0.05) is 60.7 Å². The van der Waals surface area contributed by atoms with Gasteiger partial charge in [0.15, 0.2) is 12.4 Å². The first-order valence-corrected chi connectivity index (χ1v) is 10.9. The number of carbonyl (C=O) groups excluding carboxylic acids is 1. The van der Waals surface area contributed by atoms with E-state index >= 15 is 0 Å². The zero-order valence-electron chi connectivity index (χ0n) is 17.9. The van der Waals surface area contributed by atoms with Crippen LogP contribution in [-0.2, 0) is 6.54 Å². The van der Waals surface area contributed by atoms with Crippen molar-refractivity contribution in [1.29, 1.82) is 0 Å². The largest absolute Gasteiger partial charge is 0.368 e. The highest BCUT2D eigenvalue weighted by molar-refractivity contribution is 6.00. The fourth-order valence-electron chi connectivity index (χ4n) is 4.17. The fourth-order valence-corrected chi connectivity index (χ4v) is 4.17. The lowest BCUT2D eigenvalue weighted by Crippen LogP contribution is -2.48. The van der Waals surface area contributed by atoms with Crippen molar-refractivity contribution in [2.24, 2.45) is 0 Å². The second-order valence-corrected chi connectivity index (χ2v) is 7.98. The average molecular weight is 425 g/mol. The fraction of sp³-hybridized carbons (Fsp3) is 0.192. The molecule has 6 nitrogen and oxygen atoms in total. The number of aromatic amines is 1. The van der Waals surface area contributed by atoms with Crippen LogP contribution in [0.25, 0.3) is 11.3 Å². The third-order valence-electron chi connectivity index (χ3n) is 5.86. The van der Waals surface area contributed by atoms with Crippen molar-refractivity contribution in [3.05, 3.63) is 103 Å². The van der Waals surface area contributed by atoms with Gasteiger partial charge < -0.3 is 9.80 Å². The Labute approximate surface area is 187 Å². The first kappa shape index (κ1) is 20.0. The summed E-state index contributed by atoms with van der Waals surface area (Å²) in [7, 11) is 0. The second kappa shape index (κ2) is 9.06. The number of piperazine rings is 1. The van der Waals surface area contributed by atoms with E-state index in [9.17, 15) is 4.79 Å². The number of benzene rings is 2. The number of hydrogen-bond donors (Lipinski definition) is 0. The standard InChI is InChI=1S/C26H25N5O/c32-26(30-17-15-29(16-18-30)23-11-13-27-14-12-23)24-20-31(19-21-7-3-1-4-8-21)28-25(24)22-9-5-2-6-10-22/h1-14,20H,15-19H2/p+1. The molecule has 0 saturated carbocycles. The Bertz CT molecular complexity index is 1170. The molecule has 32 heavy (non-hydrogen) atoms. The SMILES string of the molecule is O=C(c1cn(Cc2ccccc2)nc1-c1ccccc1)N1CCN(c2cc[nH+]cc2)CC1. The van der Waals surface area contributed by atoms with Crippen LogP contribution in [0.4, 0.5) is 5.69 Å². The van der Waals surface area contributed by atoms with Gasteiger partial charge in [0.2, 0.25) is 0 Å². The summed E-state index contributed by atoms with van der Waals surface area (Å²) in [6.45, 7) is 3.64. The summed E-state index contributed by atoms with van der Waals surface area (Å²) >= 11 is 0. The maximum Gasteiger partial charge on any atom is 0.257 e. The van der Waals surface area contributed by atoms with E-state index in [0.717, 1.165) is 29.9 Å². The number of aromatic nitrogens is 3. The molecule has 0 radical (unpaired) electrons. The molecule has 0 bridgehead atoms. The highest BCUT2D eigenvalue weighted by atomic mass is 16.2. The number of nitrogens with one attached hydrogen (secondary N) is 1. The van der Waals surface area contributed by atoms with E-state index in [0.29, 0.717) is 25.2 Å². The summed E-state index contributed by atoms with van der Waals surface area (Å²) in [5, 5.41) is 4.81. The first-order chi connectivity index (χ1) is 15.8. The van der Waals surface area contributed by atoms with Gasteiger partial charge in [-0.25, -0.2) is 4.98 Å². The Morgan fingerprint density at radius 2 is 1.50 bits per heavy atom. The van der Waals surface area contributed by atoms with Crippen molar-refractivity contribution in [2.45, 2.75) is 6.54 Å². The van der Waals surface area contributed by atoms with Gasteiger partial charge in [-0.3, -0.25) is 9.48 Å². The number of rotatable bonds is 5. The lowest BCUT2D eigenvalue weighted by molar-refractivity contribution is -0.377. The summed E-state index contributed by atoms with van der Waals surface area (Å²) in [4.78, 5) is 20.9. The first-order valence-electron chi connectivity index (χ1n) is 10.9. The van der Waals surface area contributed by atoms with Crippen molar-refractivity contribution in [3.8, 4) is 11.3 Å². The van der Waals surface area contributed by atoms with Crippen LogP contribution in [0.5, 0.6) is 0 Å². The van der Waals surface area contributed by atoms with Crippen LogP contribution in [0.1, 0.15) is 15.9 Å². The molecule has 1 aliphatic heterocycles. The molecule has 3 heterocycles. The quantitative estimate of drug-likeness (QED) is 0.494. The van der Waals surface area contributed by atoms with Crippen molar-refractivity contribution < 1.29 is 9.78 Å². The van der Waals surface area contributed by atoms with E-state index < -0.39 is 0 Å². The Morgan fingerprint density at radius 3 is 2.19 bits per heavy atom. The van der Waals surface area contributed by atoms with E-state index in [1.165, 1.54) is 5.69 Å². The van der Waals surface area contributed by atoms with Gasteiger partial charge in [-0.05, 0) is 5.56 Å². The maximum absolute atomic E-state index is 13.6. The van der Waals surface area contributed by atoms with E-state index in [1.807, 2.05) is 76.7 Å². The van der Waals surface area contributed by atoms with Gasteiger partial charge in [-0.2, -0.15) is 5.10 Å². The molecule has 5 rings (SSSR count). The smallest absolute Gasteiger partial charge is 0.257 e. The number of pyridine rings is 1. The van der Waals surface area contributed by atoms with E-state index in [2.05, 4.69) is 34.1 Å². The number of hydrogen-bond acceptors (Lipinski definition) is 3. The Balaban J connectivity index is 1.38. The normalized spacial score (nSPS) is 13.9. The second-order valence-electron chi connectivity index (χ2n) is 7.98. The van der Waals surface area contributed by atoms with Crippen molar-refractivity contribution >= 4 is 11.6 Å². The Kier molecular flexibility index (Phi) is 5.66. The van der Waals surface area contributed by atoms with Crippen molar-refractivity contribution in [1.82, 2.24) is 14.7 Å². The molecule has 1 saturated heterocycles. The minimum absolute atomic E-state index is 0.0456. The Hall–Kier alpha value is -3.93. The zero-order chi connectivity index (χ0) is 21.8. The summed E-state index contributed by atoms with van der Waals surface area (Å²) in [6.07, 6.45) is 5.76. The summed E-state index contributed by atoms with van der Waals surface area (Å²) in [6, 6.07) is 24.3. The number of anilines is 1. The molecule has 0 spiro atoms. The zero-order valence-corrected chi connectivity index (χ0v) is 17.9. The highest BCUT2D eigenvalue weighted by Gasteiger charge is 2.26. The lowest BCUT2D eigenvalue weighted by atomic mass is 10.1. The molecule has 0 unspecified atom stereocenters. The summed E-state index contributed by atoms with van der Waals surface area (Å²) in [5.41, 5.74) is 4.70. The molecule has 0 aliphatic carbocycles. The van der Waals surface area contributed by atoms with Crippen molar-refractivity contribution in [2.75, 3.05) is 31.1 Å². The van der Waals surface area contributed by atoms with Gasteiger partial charge in [0.05, 0.1) is 12.1 Å². The Morgan fingerprint density at radius 1 is 0.844 bits per heavy atom. The maximum atomic E-state index is 13.6. The van der Waals surface area contributed by atoms with Gasteiger partial charge in [0, 0.05) is 55.8 Å². The predicted octanol–water partition coefficient (Wildman–Crippen LogP) is 3.37. The van der Waals surface area contributed by atoms with Crippen LogP contribution in [0.2, 0.25) is 0 Å². The van der Waals surface area contributed by atoms with Crippen molar-refractivity contribution in [3.63, 3.8) is 0 Å². The minimum atomic E-state index is 0.0456. The number of nitrogens with zero attached hydrogens (tertiary/aromatic N) is 4.